The Morgan fingerprint density at radius 1 is 1.40 bits per heavy atom. The third kappa shape index (κ3) is 4.18. The first kappa shape index (κ1) is 16.9. The van der Waals surface area contributed by atoms with Crippen LogP contribution in [0.2, 0.25) is 0 Å². The van der Waals surface area contributed by atoms with Crippen molar-refractivity contribution >= 4 is 25.6 Å². The lowest BCUT2D eigenvalue weighted by Gasteiger charge is -2.20. The molecule has 0 heterocycles. The van der Waals surface area contributed by atoms with Gasteiger partial charge in [0.2, 0.25) is 0 Å². The number of carbonyl (C=O) groups excluding carboxylic acids is 1. The summed E-state index contributed by atoms with van der Waals surface area (Å²) in [6, 6.07) is 2.85. The summed E-state index contributed by atoms with van der Waals surface area (Å²) in [5.74, 6) is -1.24. The maximum atomic E-state index is 13.8. The quantitative estimate of drug-likeness (QED) is 0.848. The number of amides is 1. The fraction of sp³-hybridized carbons (Fsp3) is 0.462. The Morgan fingerprint density at radius 2 is 2.00 bits per heavy atom. The Balaban J connectivity index is 2.96. The van der Waals surface area contributed by atoms with Gasteiger partial charge in [-0.15, -0.1) is 0 Å². The summed E-state index contributed by atoms with van der Waals surface area (Å²) in [5.41, 5.74) is -0.204. The van der Waals surface area contributed by atoms with Crippen molar-refractivity contribution in [3.8, 4) is 0 Å². The zero-order valence-corrected chi connectivity index (χ0v) is 13.1. The molecule has 0 bridgehead atoms. The van der Waals surface area contributed by atoms with Crippen molar-refractivity contribution in [2.45, 2.75) is 38.1 Å². The molecule has 112 valence electrons. The zero-order valence-electron chi connectivity index (χ0n) is 11.5. The first-order valence-electron chi connectivity index (χ1n) is 6.21. The molecular formula is C13H17ClFNO3S. The van der Waals surface area contributed by atoms with Gasteiger partial charge in [-0.1, -0.05) is 20.3 Å². The molecular weight excluding hydrogens is 305 g/mol. The van der Waals surface area contributed by atoms with Crippen LogP contribution in [-0.4, -0.2) is 20.4 Å². The van der Waals surface area contributed by atoms with E-state index in [1.807, 2.05) is 20.8 Å². The number of nitrogens with one attached hydrogen (secondary N) is 1. The van der Waals surface area contributed by atoms with E-state index in [1.165, 1.54) is 0 Å². The van der Waals surface area contributed by atoms with Crippen molar-refractivity contribution in [2.24, 2.45) is 5.92 Å². The molecule has 20 heavy (non-hydrogen) atoms. The van der Waals surface area contributed by atoms with Gasteiger partial charge in [-0.3, -0.25) is 4.79 Å². The minimum atomic E-state index is -4.01. The van der Waals surface area contributed by atoms with Crippen molar-refractivity contribution < 1.29 is 17.6 Å². The molecule has 0 aliphatic rings. The maximum absolute atomic E-state index is 13.8. The van der Waals surface area contributed by atoms with E-state index in [9.17, 15) is 17.6 Å². The lowest BCUT2D eigenvalue weighted by molar-refractivity contribution is 0.0924. The van der Waals surface area contributed by atoms with Crippen molar-refractivity contribution in [1.29, 1.82) is 0 Å². The molecule has 2 atom stereocenters. The van der Waals surface area contributed by atoms with Gasteiger partial charge in [0, 0.05) is 16.7 Å². The van der Waals surface area contributed by atoms with Gasteiger partial charge in [-0.25, -0.2) is 12.8 Å². The Morgan fingerprint density at radius 3 is 2.45 bits per heavy atom. The zero-order chi connectivity index (χ0) is 15.5. The molecule has 0 radical (unpaired) electrons. The summed E-state index contributed by atoms with van der Waals surface area (Å²) in [6.45, 7) is 5.81. The number of hydrogen-bond donors (Lipinski definition) is 1. The number of benzene rings is 1. The summed E-state index contributed by atoms with van der Waals surface area (Å²) in [6.07, 6.45) is 0.882. The van der Waals surface area contributed by atoms with E-state index in [0.29, 0.717) is 0 Å². The van der Waals surface area contributed by atoms with Crippen LogP contribution in [0.5, 0.6) is 0 Å². The first-order valence-corrected chi connectivity index (χ1v) is 8.52. The predicted molar refractivity (Wildman–Crippen MR) is 75.8 cm³/mol. The number of rotatable bonds is 5. The van der Waals surface area contributed by atoms with Crippen LogP contribution in [0.1, 0.15) is 37.6 Å². The van der Waals surface area contributed by atoms with Crippen LogP contribution in [0.3, 0.4) is 0 Å². The molecule has 2 unspecified atom stereocenters. The second-order valence-electron chi connectivity index (χ2n) is 4.73. The number of halogens is 2. The summed E-state index contributed by atoms with van der Waals surface area (Å²) >= 11 is 0. The van der Waals surface area contributed by atoms with Gasteiger partial charge in [-0.2, -0.15) is 0 Å². The van der Waals surface area contributed by atoms with Gasteiger partial charge in [0.25, 0.3) is 15.0 Å². The van der Waals surface area contributed by atoms with Gasteiger partial charge in [-0.05, 0) is 31.0 Å². The molecule has 0 aliphatic heterocycles. The maximum Gasteiger partial charge on any atom is 0.261 e. The molecule has 1 rings (SSSR count). The SMILES string of the molecule is CCC(C)C(C)NC(=O)c1ccc(S(=O)(=O)Cl)cc1F. The molecule has 7 heteroatoms. The number of hydrogen-bond acceptors (Lipinski definition) is 3. The highest BCUT2D eigenvalue weighted by molar-refractivity contribution is 8.13. The van der Waals surface area contributed by atoms with E-state index < -0.39 is 20.8 Å². The van der Waals surface area contributed by atoms with Crippen LogP contribution in [0.25, 0.3) is 0 Å². The Labute approximate surface area is 122 Å². The van der Waals surface area contributed by atoms with E-state index in [0.717, 1.165) is 24.6 Å². The van der Waals surface area contributed by atoms with Crippen LogP contribution in [0.15, 0.2) is 23.1 Å². The molecule has 0 spiro atoms. The molecule has 1 aromatic rings. The lowest BCUT2D eigenvalue weighted by Crippen LogP contribution is -2.37. The minimum absolute atomic E-state index is 0.108. The van der Waals surface area contributed by atoms with E-state index in [2.05, 4.69) is 5.32 Å². The molecule has 0 fully saturated rings. The normalized spacial score (nSPS) is 14.7. The van der Waals surface area contributed by atoms with Gasteiger partial charge >= 0.3 is 0 Å². The smallest absolute Gasteiger partial charge is 0.261 e. The third-order valence-electron chi connectivity index (χ3n) is 3.32. The van der Waals surface area contributed by atoms with Crippen LogP contribution >= 0.6 is 10.7 Å². The Bertz CT molecular complexity index is 604. The Kier molecular flexibility index (Phi) is 5.53. The molecule has 4 nitrogen and oxygen atoms in total. The number of carbonyl (C=O) groups is 1. The topological polar surface area (TPSA) is 63.2 Å². The van der Waals surface area contributed by atoms with Crippen molar-refractivity contribution in [1.82, 2.24) is 5.32 Å². The molecule has 1 amide bonds. The first-order chi connectivity index (χ1) is 9.16. The fourth-order valence-electron chi connectivity index (χ4n) is 1.61. The van der Waals surface area contributed by atoms with Crippen LogP contribution in [0.4, 0.5) is 4.39 Å². The Hall–Kier alpha value is -1.14. The van der Waals surface area contributed by atoms with Gasteiger partial charge in [0.1, 0.15) is 5.82 Å². The largest absolute Gasteiger partial charge is 0.349 e. The molecule has 1 aromatic carbocycles. The van der Waals surface area contributed by atoms with Crippen molar-refractivity contribution in [3.63, 3.8) is 0 Å². The standard InChI is InChI=1S/C13H17ClFNO3S/c1-4-8(2)9(3)16-13(17)11-6-5-10(7-12(11)15)20(14,18)19/h5-9H,4H2,1-3H3,(H,16,17). The van der Waals surface area contributed by atoms with E-state index in [1.54, 1.807) is 0 Å². The summed E-state index contributed by atoms with van der Waals surface area (Å²) < 4.78 is 35.9. The summed E-state index contributed by atoms with van der Waals surface area (Å²) in [4.78, 5) is 11.6. The van der Waals surface area contributed by atoms with Crippen LogP contribution in [-0.2, 0) is 9.05 Å². The third-order valence-corrected chi connectivity index (χ3v) is 4.67. The molecule has 0 aromatic heterocycles. The van der Waals surface area contributed by atoms with Crippen molar-refractivity contribution in [2.75, 3.05) is 0 Å². The van der Waals surface area contributed by atoms with E-state index >= 15 is 0 Å². The second kappa shape index (κ2) is 6.54. The average molecular weight is 322 g/mol. The van der Waals surface area contributed by atoms with Crippen molar-refractivity contribution in [3.05, 3.63) is 29.6 Å². The highest BCUT2D eigenvalue weighted by Gasteiger charge is 2.19. The lowest BCUT2D eigenvalue weighted by atomic mass is 10.0. The predicted octanol–water partition coefficient (Wildman–Crippen LogP) is 2.92. The summed E-state index contributed by atoms with van der Waals surface area (Å²) in [5, 5.41) is 2.68. The monoisotopic (exact) mass is 321 g/mol. The fourth-order valence-corrected chi connectivity index (χ4v) is 2.37. The van der Waals surface area contributed by atoms with Gasteiger partial charge in [0.05, 0.1) is 10.5 Å². The summed E-state index contributed by atoms with van der Waals surface area (Å²) in [7, 11) is 1.10. The highest BCUT2D eigenvalue weighted by Crippen LogP contribution is 2.19. The molecule has 0 aliphatic carbocycles. The minimum Gasteiger partial charge on any atom is -0.349 e. The van der Waals surface area contributed by atoms with Gasteiger partial charge in [0.15, 0.2) is 0 Å². The molecule has 0 saturated heterocycles. The molecule has 1 N–H and O–H groups in total. The van der Waals surface area contributed by atoms with Crippen LogP contribution < -0.4 is 5.32 Å². The van der Waals surface area contributed by atoms with E-state index in [-0.39, 0.29) is 22.4 Å². The highest BCUT2D eigenvalue weighted by atomic mass is 35.7. The van der Waals surface area contributed by atoms with E-state index in [4.69, 9.17) is 10.7 Å². The average Bonchev–Trinajstić information content (AvgIpc) is 2.36. The molecule has 0 saturated carbocycles. The van der Waals surface area contributed by atoms with Crippen LogP contribution in [0, 0.1) is 11.7 Å². The second-order valence-corrected chi connectivity index (χ2v) is 7.29. The van der Waals surface area contributed by atoms with Gasteiger partial charge < -0.3 is 5.32 Å².